The lowest BCUT2D eigenvalue weighted by molar-refractivity contribution is -0.149. The van der Waals surface area contributed by atoms with E-state index >= 15 is 0 Å². The summed E-state index contributed by atoms with van der Waals surface area (Å²) in [5.41, 5.74) is 0. The van der Waals surface area contributed by atoms with Gasteiger partial charge in [0.05, 0.1) is 19.1 Å². The molecule has 4 nitrogen and oxygen atoms in total. The number of carbonyl (C=O) groups excluding carboxylic acids is 1. The van der Waals surface area contributed by atoms with Crippen LogP contribution in [-0.4, -0.2) is 50.3 Å². The van der Waals surface area contributed by atoms with E-state index in [2.05, 4.69) is 4.90 Å². The summed E-state index contributed by atoms with van der Waals surface area (Å²) < 4.78 is 10.5. The summed E-state index contributed by atoms with van der Waals surface area (Å²) in [7, 11) is 0. The zero-order valence-corrected chi connectivity index (χ0v) is 10.4. The van der Waals surface area contributed by atoms with E-state index in [0.29, 0.717) is 6.61 Å². The fourth-order valence-electron chi connectivity index (χ4n) is 1.84. The molecule has 0 radical (unpaired) electrons. The summed E-state index contributed by atoms with van der Waals surface area (Å²) in [6.07, 6.45) is 1.74. The molecule has 94 valence electrons. The molecular weight excluding hydrogens is 206 g/mol. The first-order chi connectivity index (χ1) is 7.77. The molecule has 0 aromatic carbocycles. The molecule has 0 aliphatic carbocycles. The molecule has 0 saturated carbocycles. The van der Waals surface area contributed by atoms with Crippen LogP contribution in [0.25, 0.3) is 0 Å². The molecule has 1 rings (SSSR count). The van der Waals surface area contributed by atoms with Crippen molar-refractivity contribution in [3.63, 3.8) is 0 Å². The maximum Gasteiger partial charge on any atom is 0.308 e. The summed E-state index contributed by atoms with van der Waals surface area (Å²) in [4.78, 5) is 13.8. The summed E-state index contributed by atoms with van der Waals surface area (Å²) >= 11 is 0. The van der Waals surface area contributed by atoms with Gasteiger partial charge in [-0.05, 0) is 12.8 Å². The van der Waals surface area contributed by atoms with Crippen LogP contribution in [0.1, 0.15) is 26.7 Å². The van der Waals surface area contributed by atoms with E-state index in [1.54, 1.807) is 0 Å². The fourth-order valence-corrected chi connectivity index (χ4v) is 1.84. The topological polar surface area (TPSA) is 38.8 Å². The Morgan fingerprint density at radius 2 is 1.94 bits per heavy atom. The van der Waals surface area contributed by atoms with Crippen LogP contribution in [0.3, 0.4) is 0 Å². The maximum absolute atomic E-state index is 11.6. The molecule has 1 heterocycles. The molecule has 0 bridgehead atoms. The van der Waals surface area contributed by atoms with E-state index in [1.165, 1.54) is 0 Å². The quantitative estimate of drug-likeness (QED) is 0.643. The van der Waals surface area contributed by atoms with Crippen LogP contribution < -0.4 is 0 Å². The van der Waals surface area contributed by atoms with Gasteiger partial charge >= 0.3 is 5.97 Å². The molecule has 0 aromatic heterocycles. The molecule has 0 N–H and O–H groups in total. The van der Waals surface area contributed by atoms with Crippen molar-refractivity contribution in [2.24, 2.45) is 5.92 Å². The van der Waals surface area contributed by atoms with Crippen LogP contribution in [0.4, 0.5) is 0 Å². The first-order valence-electron chi connectivity index (χ1n) is 6.24. The lowest BCUT2D eigenvalue weighted by atomic mass is 10.0. The predicted octanol–water partition coefficient (Wildman–Crippen LogP) is 1.30. The SMILES string of the molecule is CCC(CC)C(=O)OCCN1CCOCC1. The Kier molecular flexibility index (Phi) is 6.42. The molecule has 16 heavy (non-hydrogen) atoms. The number of hydrogen-bond donors (Lipinski definition) is 0. The largest absolute Gasteiger partial charge is 0.464 e. The van der Waals surface area contributed by atoms with Gasteiger partial charge < -0.3 is 9.47 Å². The first kappa shape index (κ1) is 13.5. The number of nitrogens with zero attached hydrogens (tertiary/aromatic N) is 1. The molecule has 1 fully saturated rings. The summed E-state index contributed by atoms with van der Waals surface area (Å²) in [6, 6.07) is 0. The normalized spacial score (nSPS) is 17.7. The smallest absolute Gasteiger partial charge is 0.308 e. The van der Waals surface area contributed by atoms with E-state index in [9.17, 15) is 4.79 Å². The van der Waals surface area contributed by atoms with E-state index in [4.69, 9.17) is 9.47 Å². The van der Waals surface area contributed by atoms with Crippen LogP contribution >= 0.6 is 0 Å². The molecule has 0 amide bonds. The van der Waals surface area contributed by atoms with Crippen molar-refractivity contribution in [3.8, 4) is 0 Å². The van der Waals surface area contributed by atoms with Crippen LogP contribution in [0.5, 0.6) is 0 Å². The number of carbonyl (C=O) groups is 1. The number of esters is 1. The van der Waals surface area contributed by atoms with Crippen molar-refractivity contribution < 1.29 is 14.3 Å². The van der Waals surface area contributed by atoms with Crippen LogP contribution in [0.2, 0.25) is 0 Å². The Bertz CT molecular complexity index is 198. The molecule has 1 saturated heterocycles. The highest BCUT2D eigenvalue weighted by molar-refractivity contribution is 5.72. The van der Waals surface area contributed by atoms with Crippen molar-refractivity contribution >= 4 is 5.97 Å². The van der Waals surface area contributed by atoms with Crippen molar-refractivity contribution in [2.75, 3.05) is 39.5 Å². The van der Waals surface area contributed by atoms with Gasteiger partial charge in [0.2, 0.25) is 0 Å². The van der Waals surface area contributed by atoms with Crippen LogP contribution in [0, 0.1) is 5.92 Å². The van der Waals surface area contributed by atoms with Gasteiger partial charge in [0, 0.05) is 19.6 Å². The average Bonchev–Trinajstić information content (AvgIpc) is 2.32. The maximum atomic E-state index is 11.6. The lowest BCUT2D eigenvalue weighted by Gasteiger charge is -2.26. The fraction of sp³-hybridized carbons (Fsp3) is 0.917. The van der Waals surface area contributed by atoms with Gasteiger partial charge in [0.15, 0.2) is 0 Å². The Morgan fingerprint density at radius 3 is 2.50 bits per heavy atom. The van der Waals surface area contributed by atoms with Crippen molar-refractivity contribution in [2.45, 2.75) is 26.7 Å². The highest BCUT2D eigenvalue weighted by Gasteiger charge is 2.16. The first-order valence-corrected chi connectivity index (χ1v) is 6.24. The summed E-state index contributed by atoms with van der Waals surface area (Å²) in [5, 5.41) is 0. The Balaban J connectivity index is 2.11. The number of rotatable bonds is 6. The van der Waals surface area contributed by atoms with Crippen molar-refractivity contribution in [1.29, 1.82) is 0 Å². The summed E-state index contributed by atoms with van der Waals surface area (Å²) in [6.45, 7) is 8.87. The van der Waals surface area contributed by atoms with E-state index < -0.39 is 0 Å². The second-order valence-corrected chi connectivity index (χ2v) is 4.13. The highest BCUT2D eigenvalue weighted by atomic mass is 16.5. The Morgan fingerprint density at radius 1 is 1.31 bits per heavy atom. The Labute approximate surface area is 97.9 Å². The monoisotopic (exact) mass is 229 g/mol. The number of ether oxygens (including phenoxy) is 2. The number of morpholine rings is 1. The van der Waals surface area contributed by atoms with Gasteiger partial charge in [-0.3, -0.25) is 9.69 Å². The van der Waals surface area contributed by atoms with Gasteiger partial charge in [0.1, 0.15) is 6.61 Å². The molecule has 0 unspecified atom stereocenters. The van der Waals surface area contributed by atoms with Gasteiger partial charge in [0.25, 0.3) is 0 Å². The molecular formula is C12H23NO3. The standard InChI is InChI=1S/C12H23NO3/c1-3-11(4-2)12(14)16-10-7-13-5-8-15-9-6-13/h11H,3-10H2,1-2H3. The zero-order valence-electron chi connectivity index (χ0n) is 10.4. The third-order valence-corrected chi connectivity index (χ3v) is 3.07. The lowest BCUT2D eigenvalue weighted by Crippen LogP contribution is -2.38. The molecule has 0 atom stereocenters. The minimum absolute atomic E-state index is 0.0433. The summed E-state index contributed by atoms with van der Waals surface area (Å²) in [5.74, 6) is 0.0305. The molecule has 1 aliphatic heterocycles. The number of hydrogen-bond acceptors (Lipinski definition) is 4. The van der Waals surface area contributed by atoms with Crippen molar-refractivity contribution in [3.05, 3.63) is 0 Å². The molecule has 0 aromatic rings. The van der Waals surface area contributed by atoms with Crippen molar-refractivity contribution in [1.82, 2.24) is 4.90 Å². The minimum Gasteiger partial charge on any atom is -0.464 e. The third kappa shape index (κ3) is 4.49. The van der Waals surface area contributed by atoms with Crippen LogP contribution in [-0.2, 0) is 14.3 Å². The van der Waals surface area contributed by atoms with E-state index in [-0.39, 0.29) is 11.9 Å². The minimum atomic E-state index is -0.0433. The predicted molar refractivity (Wildman–Crippen MR) is 62.3 cm³/mol. The van der Waals surface area contributed by atoms with Crippen LogP contribution in [0.15, 0.2) is 0 Å². The molecule has 4 heteroatoms. The second kappa shape index (κ2) is 7.63. The van der Waals surface area contributed by atoms with Gasteiger partial charge in [-0.25, -0.2) is 0 Å². The highest BCUT2D eigenvalue weighted by Crippen LogP contribution is 2.09. The van der Waals surface area contributed by atoms with Gasteiger partial charge in [-0.15, -0.1) is 0 Å². The molecule has 1 aliphatic rings. The van der Waals surface area contributed by atoms with E-state index in [1.807, 2.05) is 13.8 Å². The van der Waals surface area contributed by atoms with Gasteiger partial charge in [-0.1, -0.05) is 13.8 Å². The van der Waals surface area contributed by atoms with E-state index in [0.717, 1.165) is 45.7 Å². The average molecular weight is 229 g/mol. The second-order valence-electron chi connectivity index (χ2n) is 4.13. The Hall–Kier alpha value is -0.610. The molecule has 0 spiro atoms. The zero-order chi connectivity index (χ0) is 11.8. The third-order valence-electron chi connectivity index (χ3n) is 3.07. The van der Waals surface area contributed by atoms with Gasteiger partial charge in [-0.2, -0.15) is 0 Å².